The molecule has 1 aromatic rings. The van der Waals surface area contributed by atoms with Gasteiger partial charge >= 0.3 is 5.97 Å². The molecule has 0 unspecified atom stereocenters. The molecule has 8 heteroatoms. The number of carboxylic acids is 1. The summed E-state index contributed by atoms with van der Waals surface area (Å²) >= 11 is 5.50. The summed E-state index contributed by atoms with van der Waals surface area (Å²) in [4.78, 5) is 13.8. The van der Waals surface area contributed by atoms with Gasteiger partial charge in [-0.1, -0.05) is 11.6 Å². The molecule has 0 fully saturated rings. The molecule has 0 amide bonds. The summed E-state index contributed by atoms with van der Waals surface area (Å²) in [5.74, 6) is -1.07. The Kier molecular flexibility index (Phi) is 4.22. The molecule has 6 nitrogen and oxygen atoms in total. The van der Waals surface area contributed by atoms with Crippen LogP contribution in [0.3, 0.4) is 0 Å². The number of aliphatic carboxylic acids is 1. The van der Waals surface area contributed by atoms with E-state index in [1.165, 1.54) is 12.1 Å². The third kappa shape index (κ3) is 3.76. The molecule has 0 aliphatic rings. The van der Waals surface area contributed by atoms with Gasteiger partial charge in [-0.3, -0.25) is 4.79 Å². The first-order valence-corrected chi connectivity index (χ1v) is 6.11. The first kappa shape index (κ1) is 12.9. The van der Waals surface area contributed by atoms with E-state index in [-0.39, 0.29) is 23.0 Å². The van der Waals surface area contributed by atoms with E-state index in [2.05, 4.69) is 9.71 Å². The average Bonchev–Trinajstić information content (AvgIpc) is 2.17. The second kappa shape index (κ2) is 5.24. The van der Waals surface area contributed by atoms with Crippen molar-refractivity contribution >= 4 is 27.6 Å². The number of rotatable bonds is 5. The van der Waals surface area contributed by atoms with Crippen LogP contribution >= 0.6 is 11.6 Å². The smallest absolute Gasteiger partial charge is 0.304 e. The lowest BCUT2D eigenvalue weighted by molar-refractivity contribution is -0.136. The molecule has 0 atom stereocenters. The van der Waals surface area contributed by atoms with E-state index in [1.54, 1.807) is 0 Å². The fourth-order valence-corrected chi connectivity index (χ4v) is 1.98. The fraction of sp³-hybridized carbons (Fsp3) is 0.250. The van der Waals surface area contributed by atoms with Crippen LogP contribution in [0.2, 0.25) is 5.15 Å². The van der Waals surface area contributed by atoms with Crippen molar-refractivity contribution in [3.05, 3.63) is 23.5 Å². The molecular weight excluding hydrogens is 256 g/mol. The van der Waals surface area contributed by atoms with Crippen LogP contribution in [-0.2, 0) is 14.8 Å². The number of halogens is 1. The van der Waals surface area contributed by atoms with E-state index in [0.717, 1.165) is 6.20 Å². The van der Waals surface area contributed by atoms with Gasteiger partial charge in [0.1, 0.15) is 10.0 Å². The molecule has 88 valence electrons. The van der Waals surface area contributed by atoms with E-state index in [0.29, 0.717) is 0 Å². The molecule has 1 aromatic heterocycles. The Hall–Kier alpha value is -1.18. The van der Waals surface area contributed by atoms with Gasteiger partial charge in [-0.2, -0.15) is 0 Å². The Morgan fingerprint density at radius 3 is 2.69 bits per heavy atom. The second-order valence-electron chi connectivity index (χ2n) is 2.86. The highest BCUT2D eigenvalue weighted by Crippen LogP contribution is 2.10. The predicted octanol–water partition coefficient (Wildman–Crippen LogP) is 0.488. The second-order valence-corrected chi connectivity index (χ2v) is 5.01. The third-order valence-electron chi connectivity index (χ3n) is 1.64. The highest BCUT2D eigenvalue weighted by atomic mass is 35.5. The summed E-state index contributed by atoms with van der Waals surface area (Å²) in [5, 5.41) is 8.54. The van der Waals surface area contributed by atoms with E-state index in [1.807, 2.05) is 0 Å². The zero-order valence-electron chi connectivity index (χ0n) is 8.05. The number of carbonyl (C=O) groups is 1. The summed E-state index contributed by atoms with van der Waals surface area (Å²) in [5.41, 5.74) is 0. The lowest BCUT2D eigenvalue weighted by Crippen LogP contribution is -2.26. The standard InChI is InChI=1S/C8H9ClN2O4S/c9-7-2-1-6(5-10-7)16(14,15)11-4-3-8(12)13/h1-2,5,11H,3-4H2,(H,12,13). The first-order chi connectivity index (χ1) is 7.42. The van der Waals surface area contributed by atoms with Crippen molar-refractivity contribution < 1.29 is 18.3 Å². The highest BCUT2D eigenvalue weighted by Gasteiger charge is 2.14. The molecule has 0 aromatic carbocycles. The molecule has 1 heterocycles. The van der Waals surface area contributed by atoms with Gasteiger partial charge in [0.15, 0.2) is 0 Å². The maximum absolute atomic E-state index is 11.5. The van der Waals surface area contributed by atoms with Gasteiger partial charge in [0, 0.05) is 12.7 Å². The molecule has 0 aliphatic carbocycles. The Bertz CT molecular complexity index is 471. The zero-order valence-corrected chi connectivity index (χ0v) is 9.62. The third-order valence-corrected chi connectivity index (χ3v) is 3.31. The van der Waals surface area contributed by atoms with Gasteiger partial charge in [-0.25, -0.2) is 18.1 Å². The molecule has 0 radical (unpaired) electrons. The number of sulfonamides is 1. The van der Waals surface area contributed by atoms with Gasteiger partial charge in [0.05, 0.1) is 6.42 Å². The molecule has 0 bridgehead atoms. The zero-order chi connectivity index (χ0) is 12.2. The number of pyridine rings is 1. The van der Waals surface area contributed by atoms with Crippen molar-refractivity contribution in [2.45, 2.75) is 11.3 Å². The predicted molar refractivity (Wildman–Crippen MR) is 56.7 cm³/mol. The van der Waals surface area contributed by atoms with E-state index in [9.17, 15) is 13.2 Å². The van der Waals surface area contributed by atoms with Crippen LogP contribution in [0.15, 0.2) is 23.2 Å². The molecule has 0 aliphatic heterocycles. The maximum Gasteiger partial charge on any atom is 0.304 e. The number of nitrogens with one attached hydrogen (secondary N) is 1. The van der Waals surface area contributed by atoms with Crippen LogP contribution in [0, 0.1) is 0 Å². The first-order valence-electron chi connectivity index (χ1n) is 4.25. The molecule has 2 N–H and O–H groups in total. The average molecular weight is 265 g/mol. The Balaban J connectivity index is 2.71. The van der Waals surface area contributed by atoms with Crippen molar-refractivity contribution in [1.29, 1.82) is 0 Å². The lowest BCUT2D eigenvalue weighted by Gasteiger charge is -2.04. The van der Waals surface area contributed by atoms with Crippen molar-refractivity contribution in [3.63, 3.8) is 0 Å². The number of nitrogens with zero attached hydrogens (tertiary/aromatic N) is 1. The Labute approximate surface area is 97.3 Å². The van der Waals surface area contributed by atoms with Gasteiger partial charge in [-0.15, -0.1) is 0 Å². The van der Waals surface area contributed by atoms with Crippen molar-refractivity contribution in [2.24, 2.45) is 0 Å². The van der Waals surface area contributed by atoms with Gasteiger partial charge in [0.2, 0.25) is 10.0 Å². The van der Waals surface area contributed by atoms with Crippen molar-refractivity contribution in [1.82, 2.24) is 9.71 Å². The minimum Gasteiger partial charge on any atom is -0.481 e. The molecule has 16 heavy (non-hydrogen) atoms. The topological polar surface area (TPSA) is 96.4 Å². The van der Waals surface area contributed by atoms with E-state index in [4.69, 9.17) is 16.7 Å². The number of hydrogen-bond donors (Lipinski definition) is 2. The largest absolute Gasteiger partial charge is 0.481 e. The summed E-state index contributed by atoms with van der Waals surface area (Å²) in [6.45, 7) is -0.166. The van der Waals surface area contributed by atoms with Gasteiger partial charge in [-0.05, 0) is 12.1 Å². The quantitative estimate of drug-likeness (QED) is 0.755. The highest BCUT2D eigenvalue weighted by molar-refractivity contribution is 7.89. The molecule has 1 rings (SSSR count). The SMILES string of the molecule is O=C(O)CCNS(=O)(=O)c1ccc(Cl)nc1. The van der Waals surface area contributed by atoms with Crippen molar-refractivity contribution in [2.75, 3.05) is 6.54 Å². The van der Waals surface area contributed by atoms with Gasteiger partial charge < -0.3 is 5.11 Å². The van der Waals surface area contributed by atoms with E-state index < -0.39 is 16.0 Å². The molecular formula is C8H9ClN2O4S. The van der Waals surface area contributed by atoms with Crippen LogP contribution in [0.1, 0.15) is 6.42 Å². The fourth-order valence-electron chi connectivity index (χ4n) is 0.897. The van der Waals surface area contributed by atoms with Crippen LogP contribution in [-0.4, -0.2) is 31.0 Å². The Morgan fingerprint density at radius 1 is 1.50 bits per heavy atom. The number of hydrogen-bond acceptors (Lipinski definition) is 4. The maximum atomic E-state index is 11.5. The van der Waals surface area contributed by atoms with Crippen LogP contribution < -0.4 is 4.72 Å². The minimum atomic E-state index is -3.71. The summed E-state index contributed by atoms with van der Waals surface area (Å²) in [6.07, 6.45) is 0.825. The normalized spacial score (nSPS) is 11.3. The minimum absolute atomic E-state index is 0.0534. The Morgan fingerprint density at radius 2 is 2.19 bits per heavy atom. The molecule has 0 saturated heterocycles. The van der Waals surface area contributed by atoms with Crippen LogP contribution in [0.4, 0.5) is 0 Å². The molecule has 0 saturated carbocycles. The monoisotopic (exact) mass is 264 g/mol. The summed E-state index contributed by atoms with van der Waals surface area (Å²) < 4.78 is 25.2. The summed E-state index contributed by atoms with van der Waals surface area (Å²) in [6, 6.07) is 2.63. The lowest BCUT2D eigenvalue weighted by atomic mass is 10.5. The number of carboxylic acid groups (broad SMARTS) is 1. The van der Waals surface area contributed by atoms with Gasteiger partial charge in [0.25, 0.3) is 0 Å². The van der Waals surface area contributed by atoms with Crippen LogP contribution in [0.25, 0.3) is 0 Å². The molecule has 0 spiro atoms. The van der Waals surface area contributed by atoms with Crippen molar-refractivity contribution in [3.8, 4) is 0 Å². The van der Waals surface area contributed by atoms with E-state index >= 15 is 0 Å². The van der Waals surface area contributed by atoms with Crippen LogP contribution in [0.5, 0.6) is 0 Å². The summed E-state index contributed by atoms with van der Waals surface area (Å²) in [7, 11) is -3.71. The number of aromatic nitrogens is 1.